The lowest BCUT2D eigenvalue weighted by atomic mass is 10.2. The van der Waals surface area contributed by atoms with Gasteiger partial charge in [-0.25, -0.2) is 23.3 Å². The molecule has 1 amide bonds. The van der Waals surface area contributed by atoms with Gasteiger partial charge in [-0.15, -0.1) is 0 Å². The minimum atomic E-state index is -3.82. The van der Waals surface area contributed by atoms with Crippen LogP contribution in [0, 0.1) is 0 Å². The average molecular weight is 449 g/mol. The lowest BCUT2D eigenvalue weighted by Crippen LogP contribution is -2.14. The molecule has 0 aliphatic carbocycles. The van der Waals surface area contributed by atoms with E-state index in [4.69, 9.17) is 5.14 Å². The Kier molecular flexibility index (Phi) is 6.44. The molecule has 0 spiro atoms. The van der Waals surface area contributed by atoms with Gasteiger partial charge in [-0.05, 0) is 49.4 Å². The molecule has 0 saturated carbocycles. The molecule has 3 N–H and O–H groups in total. The number of amides is 1. The topological polar surface area (TPSA) is 133 Å². The Labute approximate surface area is 177 Å². The Morgan fingerprint density at radius 3 is 2.50 bits per heavy atom. The Bertz CT molecular complexity index is 1200. The van der Waals surface area contributed by atoms with Crippen molar-refractivity contribution in [1.29, 1.82) is 0 Å². The van der Waals surface area contributed by atoms with Gasteiger partial charge in [-0.3, -0.25) is 4.79 Å². The van der Waals surface area contributed by atoms with Gasteiger partial charge >= 0.3 is 5.97 Å². The van der Waals surface area contributed by atoms with Crippen molar-refractivity contribution in [2.75, 3.05) is 18.2 Å². The molecule has 0 radical (unpaired) electrons. The van der Waals surface area contributed by atoms with Crippen molar-refractivity contribution in [2.24, 2.45) is 5.14 Å². The van der Waals surface area contributed by atoms with E-state index < -0.39 is 16.0 Å². The Morgan fingerprint density at radius 1 is 1.20 bits per heavy atom. The van der Waals surface area contributed by atoms with Crippen LogP contribution in [0.1, 0.15) is 17.3 Å². The number of hydrogen-bond acceptors (Lipinski definition) is 7. The van der Waals surface area contributed by atoms with E-state index in [1.54, 1.807) is 30.3 Å². The van der Waals surface area contributed by atoms with Crippen molar-refractivity contribution in [3.8, 4) is 0 Å². The highest BCUT2D eigenvalue weighted by Crippen LogP contribution is 2.26. The number of primary sulfonamides is 1. The number of carbonyl (C=O) groups is 2. The fraction of sp³-hybridized carbons (Fsp3) is 0.211. The maximum absolute atomic E-state index is 12.3. The minimum absolute atomic E-state index is 0.0135. The number of aromatic nitrogens is 2. The number of nitrogens with two attached hydrogens (primary N) is 1. The third-order valence-corrected chi connectivity index (χ3v) is 6.14. The number of thioether (sulfide) groups is 1. The summed E-state index contributed by atoms with van der Waals surface area (Å²) in [5, 5.41) is 8.53. The molecule has 0 unspecified atom stereocenters. The first kappa shape index (κ1) is 21.8. The lowest BCUT2D eigenvalue weighted by molar-refractivity contribution is -0.113. The number of benzene rings is 2. The number of methoxy groups -OCH3 is 1. The highest BCUT2D eigenvalue weighted by Gasteiger charge is 2.15. The van der Waals surface area contributed by atoms with E-state index in [9.17, 15) is 18.0 Å². The largest absolute Gasteiger partial charge is 0.465 e. The van der Waals surface area contributed by atoms with Crippen LogP contribution >= 0.6 is 11.8 Å². The number of fused-ring (bicyclic) bond motifs is 1. The molecule has 158 valence electrons. The first-order valence-corrected chi connectivity index (χ1v) is 11.4. The predicted octanol–water partition coefficient (Wildman–Crippen LogP) is 2.22. The van der Waals surface area contributed by atoms with Crippen LogP contribution in [0.3, 0.4) is 0 Å². The number of carbonyl (C=O) groups excluding carboxylic acids is 2. The predicted molar refractivity (Wildman–Crippen MR) is 114 cm³/mol. The van der Waals surface area contributed by atoms with Gasteiger partial charge in [0.05, 0.1) is 34.4 Å². The lowest BCUT2D eigenvalue weighted by Gasteiger charge is -2.07. The van der Waals surface area contributed by atoms with Gasteiger partial charge in [-0.2, -0.15) is 0 Å². The van der Waals surface area contributed by atoms with Crippen molar-refractivity contribution < 1.29 is 22.7 Å². The zero-order valence-electron chi connectivity index (χ0n) is 16.3. The van der Waals surface area contributed by atoms with Gasteiger partial charge in [0.1, 0.15) is 0 Å². The molecular weight excluding hydrogens is 428 g/mol. The maximum Gasteiger partial charge on any atom is 0.337 e. The van der Waals surface area contributed by atoms with Gasteiger partial charge in [0.25, 0.3) is 0 Å². The smallest absolute Gasteiger partial charge is 0.337 e. The third kappa shape index (κ3) is 4.81. The second-order valence-electron chi connectivity index (χ2n) is 6.24. The summed E-state index contributed by atoms with van der Waals surface area (Å²) in [7, 11) is -2.52. The summed E-state index contributed by atoms with van der Waals surface area (Å²) in [4.78, 5) is 28.2. The summed E-state index contributed by atoms with van der Waals surface area (Å²) in [6.45, 7) is 2.53. The highest BCUT2D eigenvalue weighted by atomic mass is 32.2. The van der Waals surface area contributed by atoms with Crippen molar-refractivity contribution in [3.63, 3.8) is 0 Å². The summed E-state index contributed by atoms with van der Waals surface area (Å²) in [5.74, 6) is -0.595. The van der Waals surface area contributed by atoms with Crippen molar-refractivity contribution in [2.45, 2.75) is 23.5 Å². The second kappa shape index (κ2) is 8.86. The molecule has 1 heterocycles. The molecule has 0 atom stereocenters. The van der Waals surface area contributed by atoms with Gasteiger partial charge < -0.3 is 14.6 Å². The number of sulfonamides is 1. The number of hydrogen-bond donors (Lipinski definition) is 2. The number of imidazole rings is 1. The van der Waals surface area contributed by atoms with Crippen LogP contribution in [0.4, 0.5) is 5.69 Å². The molecule has 0 fully saturated rings. The molecule has 3 rings (SSSR count). The fourth-order valence-electron chi connectivity index (χ4n) is 2.81. The first-order valence-electron chi connectivity index (χ1n) is 8.87. The molecule has 0 saturated heterocycles. The summed E-state index contributed by atoms with van der Waals surface area (Å²) >= 11 is 1.23. The van der Waals surface area contributed by atoms with E-state index in [2.05, 4.69) is 15.0 Å². The van der Waals surface area contributed by atoms with Crippen LogP contribution in [0.5, 0.6) is 0 Å². The highest BCUT2D eigenvalue weighted by molar-refractivity contribution is 7.99. The molecule has 9 nitrogen and oxygen atoms in total. The average Bonchev–Trinajstić information content (AvgIpc) is 3.08. The van der Waals surface area contributed by atoms with Crippen molar-refractivity contribution >= 4 is 50.4 Å². The molecule has 1 aromatic heterocycles. The number of aryl methyl sites for hydroxylation is 1. The zero-order valence-corrected chi connectivity index (χ0v) is 17.9. The molecule has 30 heavy (non-hydrogen) atoms. The monoisotopic (exact) mass is 448 g/mol. The SMILES string of the molecule is CCn1c(SCC(=O)Nc2ccc(C(=O)OC)cc2)nc2cc(S(N)(=O)=O)ccc21. The van der Waals surface area contributed by atoms with Crippen molar-refractivity contribution in [1.82, 2.24) is 9.55 Å². The normalized spacial score (nSPS) is 11.4. The van der Waals surface area contributed by atoms with Crippen molar-refractivity contribution in [3.05, 3.63) is 48.0 Å². The molecule has 0 bridgehead atoms. The summed E-state index contributed by atoms with van der Waals surface area (Å²) in [6, 6.07) is 10.9. The molecule has 11 heteroatoms. The van der Waals surface area contributed by atoms with E-state index in [0.717, 1.165) is 5.52 Å². The number of nitrogens with zero attached hydrogens (tertiary/aromatic N) is 2. The quantitative estimate of drug-likeness (QED) is 0.418. The van der Waals surface area contributed by atoms with Gasteiger partial charge in [-0.1, -0.05) is 11.8 Å². The van der Waals surface area contributed by atoms with Crippen LogP contribution in [0.15, 0.2) is 52.5 Å². The molecular formula is C19H20N4O5S2. The van der Waals surface area contributed by atoms with E-state index >= 15 is 0 Å². The van der Waals surface area contributed by atoms with E-state index in [1.165, 1.54) is 31.0 Å². The van der Waals surface area contributed by atoms with Crippen LogP contribution in [0.25, 0.3) is 11.0 Å². The van der Waals surface area contributed by atoms with Gasteiger partial charge in [0.15, 0.2) is 5.16 Å². The first-order chi connectivity index (χ1) is 14.2. The van der Waals surface area contributed by atoms with Crippen LogP contribution in [0.2, 0.25) is 0 Å². The Hall–Kier alpha value is -2.89. The Balaban J connectivity index is 1.71. The van der Waals surface area contributed by atoms with Crippen LogP contribution in [-0.2, 0) is 26.1 Å². The number of nitrogens with one attached hydrogen (secondary N) is 1. The summed E-state index contributed by atoms with van der Waals surface area (Å²) in [5.41, 5.74) is 2.19. The van der Waals surface area contributed by atoms with E-state index in [1.807, 2.05) is 11.5 Å². The zero-order chi connectivity index (χ0) is 21.9. The van der Waals surface area contributed by atoms with E-state index in [-0.39, 0.29) is 16.6 Å². The van der Waals surface area contributed by atoms with Crippen LogP contribution < -0.4 is 10.5 Å². The minimum Gasteiger partial charge on any atom is -0.465 e. The number of ether oxygens (including phenoxy) is 1. The Morgan fingerprint density at radius 2 is 1.90 bits per heavy atom. The maximum atomic E-state index is 12.3. The number of anilines is 1. The van der Waals surface area contributed by atoms with Gasteiger partial charge in [0.2, 0.25) is 15.9 Å². The van der Waals surface area contributed by atoms with Crippen LogP contribution in [-0.4, -0.2) is 42.7 Å². The number of rotatable bonds is 7. The summed E-state index contributed by atoms with van der Waals surface area (Å²) < 4.78 is 29.7. The fourth-order valence-corrected chi connectivity index (χ4v) is 4.23. The molecule has 0 aliphatic rings. The molecule has 2 aromatic carbocycles. The van der Waals surface area contributed by atoms with E-state index in [0.29, 0.717) is 28.5 Å². The third-order valence-electron chi connectivity index (χ3n) is 4.25. The molecule has 3 aromatic rings. The standard InChI is InChI=1S/C19H20N4O5S2/c1-3-23-16-9-8-14(30(20,26)27)10-15(16)22-19(23)29-11-17(24)21-13-6-4-12(5-7-13)18(25)28-2/h4-10H,3,11H2,1-2H3,(H,21,24)(H2,20,26,27). The molecule has 0 aliphatic heterocycles. The van der Waals surface area contributed by atoms with Gasteiger partial charge in [0, 0.05) is 12.2 Å². The summed E-state index contributed by atoms with van der Waals surface area (Å²) in [6.07, 6.45) is 0. The number of esters is 1. The second-order valence-corrected chi connectivity index (χ2v) is 8.74.